The summed E-state index contributed by atoms with van der Waals surface area (Å²) in [6.07, 6.45) is 0. The number of hydrogen-bond acceptors (Lipinski definition) is 5. The van der Waals surface area contributed by atoms with Crippen LogP contribution in [0.5, 0.6) is 0 Å². The minimum absolute atomic E-state index is 0.0453. The lowest BCUT2D eigenvalue weighted by molar-refractivity contribution is -0.141. The van der Waals surface area contributed by atoms with Gasteiger partial charge in [0.1, 0.15) is 6.54 Å². The number of esters is 1. The van der Waals surface area contributed by atoms with E-state index in [1.807, 2.05) is 19.1 Å². The van der Waals surface area contributed by atoms with E-state index >= 15 is 0 Å². The number of aromatic nitrogens is 1. The predicted molar refractivity (Wildman–Crippen MR) is 85.2 cm³/mol. The molecule has 0 unspecified atom stereocenters. The Morgan fingerprint density at radius 3 is 3.05 bits per heavy atom. The van der Waals surface area contributed by atoms with Gasteiger partial charge in [0, 0.05) is 0 Å². The van der Waals surface area contributed by atoms with Crippen LogP contribution in [0.4, 0.5) is 5.13 Å². The maximum atomic E-state index is 11.2. The number of thiocarbonyl (C=S) groups is 1. The lowest BCUT2D eigenvalue weighted by atomic mass is 10.2. The fraction of sp³-hybridized carbons (Fsp3) is 0.308. The predicted octanol–water partition coefficient (Wildman–Crippen LogP) is 2.45. The molecule has 0 fully saturated rings. The van der Waals surface area contributed by atoms with Gasteiger partial charge in [0.05, 0.1) is 16.8 Å². The average Bonchev–Trinajstić information content (AvgIpc) is 2.78. The molecule has 0 aliphatic carbocycles. The van der Waals surface area contributed by atoms with Gasteiger partial charge in [0.15, 0.2) is 10.2 Å². The first-order chi connectivity index (χ1) is 9.58. The first-order valence-corrected chi connectivity index (χ1v) is 7.38. The van der Waals surface area contributed by atoms with Crippen molar-refractivity contribution in [3.05, 3.63) is 23.8 Å². The molecule has 0 saturated heterocycles. The Morgan fingerprint density at radius 2 is 2.30 bits per heavy atom. The molecule has 7 heteroatoms. The van der Waals surface area contributed by atoms with Crippen LogP contribution in [-0.2, 0) is 9.53 Å². The van der Waals surface area contributed by atoms with Crippen molar-refractivity contribution < 1.29 is 9.53 Å². The number of fused-ring (bicyclic) bond motifs is 1. The molecule has 0 aliphatic rings. The average molecular weight is 309 g/mol. The number of thiazole rings is 1. The smallest absolute Gasteiger partial charge is 0.325 e. The van der Waals surface area contributed by atoms with Crippen molar-refractivity contribution in [3.8, 4) is 0 Å². The van der Waals surface area contributed by atoms with Crippen LogP contribution >= 0.6 is 23.6 Å². The molecule has 0 atom stereocenters. The van der Waals surface area contributed by atoms with Crippen LogP contribution in [0.2, 0.25) is 0 Å². The fourth-order valence-electron chi connectivity index (χ4n) is 1.59. The Bertz CT molecular complexity index is 640. The molecule has 0 bridgehead atoms. The molecule has 2 aromatic rings. The second-order valence-corrected chi connectivity index (χ2v) is 5.54. The quantitative estimate of drug-likeness (QED) is 0.668. The van der Waals surface area contributed by atoms with Gasteiger partial charge in [-0.25, -0.2) is 4.98 Å². The van der Waals surface area contributed by atoms with E-state index < -0.39 is 0 Å². The third-order valence-corrected chi connectivity index (χ3v) is 3.64. The molecule has 1 aromatic heterocycles. The first-order valence-electron chi connectivity index (χ1n) is 6.16. The van der Waals surface area contributed by atoms with E-state index in [9.17, 15) is 4.79 Å². The summed E-state index contributed by atoms with van der Waals surface area (Å²) >= 11 is 6.62. The van der Waals surface area contributed by atoms with Crippen molar-refractivity contribution in [2.75, 3.05) is 18.5 Å². The zero-order valence-electron chi connectivity index (χ0n) is 11.2. The molecule has 2 N–H and O–H groups in total. The Morgan fingerprint density at radius 1 is 1.50 bits per heavy atom. The fourth-order valence-corrected chi connectivity index (χ4v) is 2.79. The van der Waals surface area contributed by atoms with Crippen LogP contribution in [-0.4, -0.2) is 29.2 Å². The van der Waals surface area contributed by atoms with E-state index in [4.69, 9.17) is 17.0 Å². The highest BCUT2D eigenvalue weighted by Gasteiger charge is 2.07. The van der Waals surface area contributed by atoms with Crippen molar-refractivity contribution in [1.82, 2.24) is 10.3 Å². The van der Waals surface area contributed by atoms with Gasteiger partial charge in [0.25, 0.3) is 0 Å². The summed E-state index contributed by atoms with van der Waals surface area (Å²) in [6, 6.07) is 6.07. The summed E-state index contributed by atoms with van der Waals surface area (Å²) in [4.78, 5) is 15.6. The zero-order chi connectivity index (χ0) is 14.5. The Hall–Kier alpha value is -1.73. The van der Waals surface area contributed by atoms with Gasteiger partial charge in [-0.2, -0.15) is 0 Å². The number of rotatable bonds is 4. The summed E-state index contributed by atoms with van der Waals surface area (Å²) in [5.41, 5.74) is 2.12. The number of benzene rings is 1. The van der Waals surface area contributed by atoms with Crippen LogP contribution in [0.25, 0.3) is 10.2 Å². The number of nitrogens with zero attached hydrogens (tertiary/aromatic N) is 1. The van der Waals surface area contributed by atoms with Gasteiger partial charge < -0.3 is 15.4 Å². The first kappa shape index (κ1) is 14.7. The summed E-state index contributed by atoms with van der Waals surface area (Å²) in [7, 11) is 0. The maximum Gasteiger partial charge on any atom is 0.325 e. The lowest BCUT2D eigenvalue weighted by Gasteiger charge is -2.07. The monoisotopic (exact) mass is 309 g/mol. The molecule has 2 rings (SSSR count). The van der Waals surface area contributed by atoms with E-state index in [1.165, 1.54) is 16.9 Å². The Kier molecular flexibility index (Phi) is 4.86. The van der Waals surface area contributed by atoms with Gasteiger partial charge >= 0.3 is 5.97 Å². The van der Waals surface area contributed by atoms with Crippen molar-refractivity contribution in [2.45, 2.75) is 13.8 Å². The third kappa shape index (κ3) is 3.88. The van der Waals surface area contributed by atoms with Crippen molar-refractivity contribution in [3.63, 3.8) is 0 Å². The topological polar surface area (TPSA) is 63.2 Å². The second-order valence-electron chi connectivity index (χ2n) is 4.10. The van der Waals surface area contributed by atoms with E-state index in [2.05, 4.69) is 21.7 Å². The van der Waals surface area contributed by atoms with E-state index in [1.54, 1.807) is 6.92 Å². The maximum absolute atomic E-state index is 11.2. The SMILES string of the molecule is CCOC(=O)CNC(=S)Nc1nc2ccc(C)cc2s1. The van der Waals surface area contributed by atoms with Crippen molar-refractivity contribution in [2.24, 2.45) is 0 Å². The number of carbonyl (C=O) groups excluding carboxylic acids is 1. The van der Waals surface area contributed by atoms with Gasteiger partial charge in [-0.15, -0.1) is 0 Å². The molecular weight excluding hydrogens is 294 g/mol. The zero-order valence-corrected chi connectivity index (χ0v) is 12.9. The standard InChI is InChI=1S/C13H15N3O2S2/c1-3-18-11(17)7-14-12(19)16-13-15-9-5-4-8(2)6-10(9)20-13/h4-6H,3,7H2,1-2H3,(H2,14,15,16,19). The van der Waals surface area contributed by atoms with E-state index in [0.29, 0.717) is 16.9 Å². The Labute approximate surface area is 126 Å². The van der Waals surface area contributed by atoms with Crippen LogP contribution in [0, 0.1) is 6.92 Å². The van der Waals surface area contributed by atoms with Gasteiger partial charge in [-0.1, -0.05) is 17.4 Å². The normalized spacial score (nSPS) is 10.3. The highest BCUT2D eigenvalue weighted by Crippen LogP contribution is 2.26. The number of aryl methyl sites for hydroxylation is 1. The molecule has 20 heavy (non-hydrogen) atoms. The molecule has 1 heterocycles. The van der Waals surface area contributed by atoms with E-state index in [-0.39, 0.29) is 12.5 Å². The second kappa shape index (κ2) is 6.62. The van der Waals surface area contributed by atoms with Gasteiger partial charge in [-0.3, -0.25) is 4.79 Å². The molecule has 5 nitrogen and oxygen atoms in total. The van der Waals surface area contributed by atoms with Gasteiger partial charge in [0.2, 0.25) is 0 Å². The largest absolute Gasteiger partial charge is 0.465 e. The van der Waals surface area contributed by atoms with Crippen LogP contribution < -0.4 is 10.6 Å². The highest BCUT2D eigenvalue weighted by atomic mass is 32.1. The number of carbonyl (C=O) groups is 1. The number of nitrogens with one attached hydrogen (secondary N) is 2. The lowest BCUT2D eigenvalue weighted by Crippen LogP contribution is -2.33. The molecule has 0 amide bonds. The molecule has 0 aliphatic heterocycles. The molecule has 0 radical (unpaired) electrons. The minimum Gasteiger partial charge on any atom is -0.465 e. The summed E-state index contributed by atoms with van der Waals surface area (Å²) in [5, 5.41) is 6.81. The van der Waals surface area contributed by atoms with Crippen LogP contribution in [0.15, 0.2) is 18.2 Å². The number of hydrogen-bond donors (Lipinski definition) is 2. The van der Waals surface area contributed by atoms with E-state index in [0.717, 1.165) is 10.2 Å². The summed E-state index contributed by atoms with van der Waals surface area (Å²) in [6.45, 7) is 4.21. The van der Waals surface area contributed by atoms with Crippen LogP contribution in [0.3, 0.4) is 0 Å². The molecular formula is C13H15N3O2S2. The molecule has 0 saturated carbocycles. The molecule has 0 spiro atoms. The molecule has 106 valence electrons. The van der Waals surface area contributed by atoms with Crippen molar-refractivity contribution >= 4 is 50.0 Å². The molecule has 1 aromatic carbocycles. The minimum atomic E-state index is -0.337. The summed E-state index contributed by atoms with van der Waals surface area (Å²) < 4.78 is 5.90. The number of ether oxygens (including phenoxy) is 1. The van der Waals surface area contributed by atoms with Crippen molar-refractivity contribution in [1.29, 1.82) is 0 Å². The number of anilines is 1. The van der Waals surface area contributed by atoms with Gasteiger partial charge in [-0.05, 0) is 43.8 Å². The van der Waals surface area contributed by atoms with Crippen LogP contribution in [0.1, 0.15) is 12.5 Å². The Balaban J connectivity index is 1.94. The third-order valence-electron chi connectivity index (χ3n) is 2.46. The summed E-state index contributed by atoms with van der Waals surface area (Å²) in [5.74, 6) is -0.337. The highest BCUT2D eigenvalue weighted by molar-refractivity contribution is 7.80.